The van der Waals surface area contributed by atoms with Crippen LogP contribution in [0.25, 0.3) is 6.08 Å². The first-order valence-electron chi connectivity index (χ1n) is 10.2. The van der Waals surface area contributed by atoms with E-state index in [4.69, 9.17) is 16.3 Å². The lowest BCUT2D eigenvalue weighted by atomic mass is 10.0. The van der Waals surface area contributed by atoms with Gasteiger partial charge in [0.25, 0.3) is 0 Å². The van der Waals surface area contributed by atoms with Crippen LogP contribution in [0.2, 0.25) is 5.02 Å². The van der Waals surface area contributed by atoms with Gasteiger partial charge in [0.15, 0.2) is 0 Å². The summed E-state index contributed by atoms with van der Waals surface area (Å²) in [6.07, 6.45) is 7.39. The van der Waals surface area contributed by atoms with E-state index in [9.17, 15) is 14.7 Å². The Morgan fingerprint density at radius 1 is 1.17 bits per heavy atom. The van der Waals surface area contributed by atoms with Crippen LogP contribution < -0.4 is 10.1 Å². The maximum Gasteiger partial charge on any atom is 0.352 e. The number of benzene rings is 2. The van der Waals surface area contributed by atoms with Gasteiger partial charge in [-0.25, -0.2) is 4.79 Å². The normalized spacial score (nSPS) is 14.5. The van der Waals surface area contributed by atoms with Crippen molar-refractivity contribution in [2.24, 2.45) is 5.92 Å². The molecular formula is C24H26ClNO4. The monoisotopic (exact) mass is 427 g/mol. The van der Waals surface area contributed by atoms with Crippen LogP contribution in [0.3, 0.4) is 0 Å². The molecule has 6 heteroatoms. The van der Waals surface area contributed by atoms with E-state index >= 15 is 0 Å². The highest BCUT2D eigenvalue weighted by Crippen LogP contribution is 2.31. The zero-order chi connectivity index (χ0) is 21.5. The van der Waals surface area contributed by atoms with Crippen LogP contribution in [0.1, 0.15) is 49.7 Å². The van der Waals surface area contributed by atoms with Gasteiger partial charge < -0.3 is 15.2 Å². The predicted octanol–water partition coefficient (Wildman–Crippen LogP) is 5.95. The molecule has 0 atom stereocenters. The third-order valence-corrected chi connectivity index (χ3v) is 5.64. The number of hydrogen-bond donors (Lipinski definition) is 2. The highest BCUT2D eigenvalue weighted by Gasteiger charge is 2.18. The zero-order valence-electron chi connectivity index (χ0n) is 17.0. The summed E-state index contributed by atoms with van der Waals surface area (Å²) in [5.41, 5.74) is 1.35. The van der Waals surface area contributed by atoms with Gasteiger partial charge in [-0.05, 0) is 60.7 Å². The molecule has 1 fully saturated rings. The second-order valence-electron chi connectivity index (χ2n) is 7.66. The van der Waals surface area contributed by atoms with Crippen LogP contribution in [0.4, 0.5) is 0 Å². The maximum atomic E-state index is 12.2. The molecule has 1 saturated carbocycles. The summed E-state index contributed by atoms with van der Waals surface area (Å²) in [7, 11) is 0. The van der Waals surface area contributed by atoms with Crippen molar-refractivity contribution in [2.75, 3.05) is 0 Å². The average Bonchev–Trinajstić information content (AvgIpc) is 3.23. The molecule has 0 unspecified atom stereocenters. The highest BCUT2D eigenvalue weighted by molar-refractivity contribution is 6.32. The molecule has 2 aromatic carbocycles. The van der Waals surface area contributed by atoms with Gasteiger partial charge in [-0.2, -0.15) is 0 Å². The van der Waals surface area contributed by atoms with Crippen LogP contribution in [-0.4, -0.2) is 17.0 Å². The standard InChI is InChI=1S/C24H26ClNO4/c1-16-14-18(10-12-21(16)30-22-9-5-4-8-19(22)25)15-20(24(28)29)26-23(27)13-11-17-6-2-3-7-17/h4-5,8-10,12,14-15,17H,2-3,6-7,11,13H2,1H3,(H,26,27)(H,28,29). The minimum atomic E-state index is -1.17. The van der Waals surface area contributed by atoms with Crippen molar-refractivity contribution >= 4 is 29.6 Å². The zero-order valence-corrected chi connectivity index (χ0v) is 17.7. The number of carbonyl (C=O) groups excluding carboxylic acids is 1. The van der Waals surface area contributed by atoms with Gasteiger partial charge in [0.1, 0.15) is 17.2 Å². The molecule has 0 spiro atoms. The molecule has 3 rings (SSSR count). The number of halogens is 1. The van der Waals surface area contributed by atoms with Gasteiger partial charge in [0.05, 0.1) is 5.02 Å². The second-order valence-corrected chi connectivity index (χ2v) is 8.07. The summed E-state index contributed by atoms with van der Waals surface area (Å²) in [5.74, 6) is 0.328. The van der Waals surface area contributed by atoms with E-state index < -0.39 is 5.97 Å². The fourth-order valence-electron chi connectivity index (χ4n) is 3.69. The van der Waals surface area contributed by atoms with Gasteiger partial charge >= 0.3 is 5.97 Å². The number of carbonyl (C=O) groups is 2. The molecule has 0 bridgehead atoms. The van der Waals surface area contributed by atoms with Crippen molar-refractivity contribution in [1.29, 1.82) is 0 Å². The van der Waals surface area contributed by atoms with Crippen molar-refractivity contribution in [3.05, 3.63) is 64.3 Å². The number of hydrogen-bond acceptors (Lipinski definition) is 3. The van der Waals surface area contributed by atoms with E-state index in [-0.39, 0.29) is 11.6 Å². The number of para-hydroxylation sites is 1. The fraction of sp³-hybridized carbons (Fsp3) is 0.333. The summed E-state index contributed by atoms with van der Waals surface area (Å²) < 4.78 is 5.85. The Morgan fingerprint density at radius 3 is 2.57 bits per heavy atom. The van der Waals surface area contributed by atoms with Gasteiger partial charge in [-0.15, -0.1) is 0 Å². The second kappa shape index (κ2) is 10.3. The number of aryl methyl sites for hydroxylation is 1. The molecule has 0 radical (unpaired) electrons. The molecule has 158 valence electrons. The van der Waals surface area contributed by atoms with E-state index in [0.29, 0.717) is 34.4 Å². The third-order valence-electron chi connectivity index (χ3n) is 5.33. The smallest absolute Gasteiger partial charge is 0.352 e. The highest BCUT2D eigenvalue weighted by atomic mass is 35.5. The topological polar surface area (TPSA) is 75.6 Å². The number of carboxylic acid groups (broad SMARTS) is 1. The van der Waals surface area contributed by atoms with Crippen LogP contribution in [-0.2, 0) is 9.59 Å². The molecule has 0 aromatic heterocycles. The number of carboxylic acids is 1. The molecule has 5 nitrogen and oxygen atoms in total. The Hall–Kier alpha value is -2.79. The van der Waals surface area contributed by atoms with E-state index in [1.165, 1.54) is 18.9 Å². The molecule has 2 aromatic rings. The Morgan fingerprint density at radius 2 is 1.90 bits per heavy atom. The lowest BCUT2D eigenvalue weighted by molar-refractivity contribution is -0.134. The van der Waals surface area contributed by atoms with Gasteiger partial charge in [0.2, 0.25) is 5.91 Å². The van der Waals surface area contributed by atoms with Gasteiger partial charge in [-0.1, -0.05) is 55.5 Å². The van der Waals surface area contributed by atoms with Crippen LogP contribution in [0, 0.1) is 12.8 Å². The van der Waals surface area contributed by atoms with Gasteiger partial charge in [0, 0.05) is 6.42 Å². The van der Waals surface area contributed by atoms with E-state index in [2.05, 4.69) is 5.32 Å². The minimum Gasteiger partial charge on any atom is -0.477 e. The fourth-order valence-corrected chi connectivity index (χ4v) is 3.86. The summed E-state index contributed by atoms with van der Waals surface area (Å²) >= 11 is 6.14. The van der Waals surface area contributed by atoms with Gasteiger partial charge in [-0.3, -0.25) is 4.79 Å². The van der Waals surface area contributed by atoms with Crippen molar-refractivity contribution < 1.29 is 19.4 Å². The minimum absolute atomic E-state index is 0.134. The van der Waals surface area contributed by atoms with Crippen LogP contribution in [0.5, 0.6) is 11.5 Å². The van der Waals surface area contributed by atoms with Crippen LogP contribution in [0.15, 0.2) is 48.2 Å². The Bertz CT molecular complexity index is 948. The largest absolute Gasteiger partial charge is 0.477 e. The number of nitrogens with one attached hydrogen (secondary N) is 1. The quantitative estimate of drug-likeness (QED) is 0.510. The first-order chi connectivity index (χ1) is 14.4. The molecule has 1 aliphatic carbocycles. The van der Waals surface area contributed by atoms with E-state index in [0.717, 1.165) is 24.8 Å². The summed E-state index contributed by atoms with van der Waals surface area (Å²) in [6, 6.07) is 12.5. The number of rotatable bonds is 8. The lowest BCUT2D eigenvalue weighted by Gasteiger charge is -2.12. The summed E-state index contributed by atoms with van der Waals surface area (Å²) in [5, 5.41) is 12.5. The van der Waals surface area contributed by atoms with Crippen molar-refractivity contribution in [2.45, 2.75) is 45.4 Å². The molecule has 0 saturated heterocycles. The average molecular weight is 428 g/mol. The first-order valence-corrected chi connectivity index (χ1v) is 10.6. The molecule has 0 aliphatic heterocycles. The van der Waals surface area contributed by atoms with Crippen molar-refractivity contribution in [3.63, 3.8) is 0 Å². The van der Waals surface area contributed by atoms with E-state index in [1.54, 1.807) is 30.3 Å². The first kappa shape index (κ1) is 21.9. The summed E-state index contributed by atoms with van der Waals surface area (Å²) in [6.45, 7) is 1.87. The Kier molecular flexibility index (Phi) is 7.52. The predicted molar refractivity (Wildman–Crippen MR) is 118 cm³/mol. The Balaban J connectivity index is 1.67. The number of ether oxygens (including phenoxy) is 1. The molecule has 1 aliphatic rings. The lowest BCUT2D eigenvalue weighted by Crippen LogP contribution is -2.27. The SMILES string of the molecule is Cc1cc(C=C(NC(=O)CCC2CCCC2)C(=O)O)ccc1Oc1ccccc1Cl. The molecule has 30 heavy (non-hydrogen) atoms. The summed E-state index contributed by atoms with van der Waals surface area (Å²) in [4.78, 5) is 23.8. The third kappa shape index (κ3) is 6.10. The number of aliphatic carboxylic acids is 1. The van der Waals surface area contributed by atoms with Crippen molar-refractivity contribution in [3.8, 4) is 11.5 Å². The molecular weight excluding hydrogens is 402 g/mol. The Labute approximate surface area is 181 Å². The van der Waals surface area contributed by atoms with E-state index in [1.807, 2.05) is 19.1 Å². The molecule has 1 amide bonds. The number of amides is 1. The van der Waals surface area contributed by atoms with Crippen molar-refractivity contribution in [1.82, 2.24) is 5.32 Å². The van der Waals surface area contributed by atoms with Crippen LogP contribution >= 0.6 is 11.6 Å². The molecule has 0 heterocycles. The maximum absolute atomic E-state index is 12.2. The molecule has 2 N–H and O–H groups in total.